The van der Waals surface area contributed by atoms with Gasteiger partial charge in [0.05, 0.1) is 23.2 Å². The number of hydrogen-bond donors (Lipinski definition) is 1. The molecule has 0 spiro atoms. The SMILES string of the molecule is CC(C)(C)OC(=O)N(Cc1ccc(Cl)cc1Cl)[C@H]1CN(c2ncc(Br)cn2)C[C@@H]1O. The summed E-state index contributed by atoms with van der Waals surface area (Å²) in [6.45, 7) is 6.21. The van der Waals surface area contributed by atoms with E-state index in [0.717, 1.165) is 4.47 Å². The maximum atomic E-state index is 13.0. The van der Waals surface area contributed by atoms with Crippen molar-refractivity contribution in [2.45, 2.75) is 45.1 Å². The molecule has 30 heavy (non-hydrogen) atoms. The Balaban J connectivity index is 1.86. The predicted molar refractivity (Wildman–Crippen MR) is 120 cm³/mol. The molecule has 0 aliphatic carbocycles. The molecule has 0 unspecified atom stereocenters. The summed E-state index contributed by atoms with van der Waals surface area (Å²) in [5.74, 6) is 0.480. The summed E-state index contributed by atoms with van der Waals surface area (Å²) in [7, 11) is 0. The summed E-state index contributed by atoms with van der Waals surface area (Å²) in [6, 6.07) is 4.57. The minimum atomic E-state index is -0.809. The van der Waals surface area contributed by atoms with Gasteiger partial charge in [0.2, 0.25) is 5.95 Å². The Kier molecular flexibility index (Phi) is 7.12. The van der Waals surface area contributed by atoms with Crippen molar-refractivity contribution in [3.63, 3.8) is 0 Å². The van der Waals surface area contributed by atoms with Crippen LogP contribution in [0.3, 0.4) is 0 Å². The average molecular weight is 518 g/mol. The molecule has 10 heteroatoms. The second-order valence-corrected chi connectivity index (χ2v) is 9.84. The molecule has 1 amide bonds. The van der Waals surface area contributed by atoms with Gasteiger partial charge in [-0.15, -0.1) is 0 Å². The lowest BCUT2D eigenvalue weighted by Crippen LogP contribution is -2.48. The molecule has 1 aromatic carbocycles. The first kappa shape index (κ1) is 23.1. The molecule has 0 radical (unpaired) electrons. The molecule has 1 saturated heterocycles. The normalized spacial score (nSPS) is 19.1. The highest BCUT2D eigenvalue weighted by Crippen LogP contribution is 2.28. The molecule has 2 heterocycles. The van der Waals surface area contributed by atoms with E-state index in [2.05, 4.69) is 25.9 Å². The largest absolute Gasteiger partial charge is 0.444 e. The molecule has 162 valence electrons. The van der Waals surface area contributed by atoms with Crippen molar-refractivity contribution in [1.29, 1.82) is 0 Å². The van der Waals surface area contributed by atoms with Crippen molar-refractivity contribution in [3.8, 4) is 0 Å². The molecule has 1 aliphatic rings. The first-order valence-corrected chi connectivity index (χ1v) is 10.9. The minimum absolute atomic E-state index is 0.168. The van der Waals surface area contributed by atoms with Crippen molar-refractivity contribution in [3.05, 3.63) is 50.7 Å². The van der Waals surface area contributed by atoms with Crippen LogP contribution in [0.1, 0.15) is 26.3 Å². The third kappa shape index (κ3) is 5.75. The van der Waals surface area contributed by atoms with E-state index in [1.54, 1.807) is 51.4 Å². The van der Waals surface area contributed by atoms with Crippen molar-refractivity contribution < 1.29 is 14.6 Å². The van der Waals surface area contributed by atoms with Crippen LogP contribution in [0.15, 0.2) is 35.1 Å². The van der Waals surface area contributed by atoms with Gasteiger partial charge in [-0.3, -0.25) is 4.90 Å². The number of carbonyl (C=O) groups excluding carboxylic acids is 1. The van der Waals surface area contributed by atoms with Crippen LogP contribution in [0.5, 0.6) is 0 Å². The smallest absolute Gasteiger partial charge is 0.410 e. The van der Waals surface area contributed by atoms with Crippen molar-refractivity contribution in [1.82, 2.24) is 14.9 Å². The van der Waals surface area contributed by atoms with Gasteiger partial charge in [0.1, 0.15) is 5.60 Å². The quantitative estimate of drug-likeness (QED) is 0.641. The van der Waals surface area contributed by atoms with E-state index in [9.17, 15) is 9.90 Å². The van der Waals surface area contributed by atoms with Gasteiger partial charge in [-0.2, -0.15) is 0 Å². The van der Waals surface area contributed by atoms with E-state index < -0.39 is 23.8 Å². The third-order valence-electron chi connectivity index (χ3n) is 4.53. The first-order chi connectivity index (χ1) is 14.0. The Morgan fingerprint density at radius 2 is 1.97 bits per heavy atom. The standard InChI is InChI=1S/C20H23BrCl2N4O3/c1-20(2,3)30-19(29)27(9-12-4-5-14(22)6-15(12)23)16-10-26(11-17(16)28)18-24-7-13(21)8-25-18/h4-8,16-17,28H,9-11H2,1-3H3/t16-,17-/m0/s1. The summed E-state index contributed by atoms with van der Waals surface area (Å²) in [4.78, 5) is 24.9. The second kappa shape index (κ2) is 9.26. The van der Waals surface area contributed by atoms with Crippen LogP contribution in [-0.4, -0.2) is 56.9 Å². The first-order valence-electron chi connectivity index (χ1n) is 9.37. The number of carbonyl (C=O) groups is 1. The number of β-amino-alcohol motifs (C(OH)–C–C–N with tert-alkyl or cyclic N) is 1. The van der Waals surface area contributed by atoms with E-state index >= 15 is 0 Å². The van der Waals surface area contributed by atoms with Crippen LogP contribution in [0.2, 0.25) is 10.0 Å². The van der Waals surface area contributed by atoms with Crippen molar-refractivity contribution >= 4 is 51.2 Å². The number of aromatic nitrogens is 2. The number of halogens is 3. The Morgan fingerprint density at radius 1 is 1.30 bits per heavy atom. The molecule has 0 bridgehead atoms. The van der Waals surface area contributed by atoms with Crippen molar-refractivity contribution in [2.24, 2.45) is 0 Å². The molecule has 1 aromatic heterocycles. The highest BCUT2D eigenvalue weighted by Gasteiger charge is 2.40. The van der Waals surface area contributed by atoms with Crippen LogP contribution in [0.25, 0.3) is 0 Å². The monoisotopic (exact) mass is 516 g/mol. The molecule has 1 aliphatic heterocycles. The molecule has 1 N–H and O–H groups in total. The molecular formula is C20H23BrCl2N4O3. The fraction of sp³-hybridized carbons (Fsp3) is 0.450. The van der Waals surface area contributed by atoms with Gasteiger partial charge in [0.15, 0.2) is 0 Å². The van der Waals surface area contributed by atoms with Gasteiger partial charge in [-0.1, -0.05) is 29.3 Å². The van der Waals surface area contributed by atoms with Crippen LogP contribution < -0.4 is 4.90 Å². The number of ether oxygens (including phenoxy) is 1. The Bertz CT molecular complexity index is 908. The van der Waals surface area contributed by atoms with E-state index in [1.165, 1.54) is 4.90 Å². The fourth-order valence-electron chi connectivity index (χ4n) is 3.18. The molecule has 1 fully saturated rings. The summed E-state index contributed by atoms with van der Waals surface area (Å²) in [5.41, 5.74) is 0.0226. The zero-order valence-corrected chi connectivity index (χ0v) is 19.9. The van der Waals surface area contributed by atoms with Gasteiger partial charge < -0.3 is 14.7 Å². The van der Waals surface area contributed by atoms with Gasteiger partial charge in [-0.25, -0.2) is 14.8 Å². The molecule has 2 aromatic rings. The maximum absolute atomic E-state index is 13.0. The average Bonchev–Trinajstić information content (AvgIpc) is 3.01. The van der Waals surface area contributed by atoms with Crippen LogP contribution in [0, 0.1) is 0 Å². The second-order valence-electron chi connectivity index (χ2n) is 8.08. The molecule has 2 atom stereocenters. The fourth-order valence-corrected chi connectivity index (χ4v) is 3.85. The zero-order valence-electron chi connectivity index (χ0n) is 16.8. The Morgan fingerprint density at radius 3 is 2.57 bits per heavy atom. The van der Waals surface area contributed by atoms with Gasteiger partial charge in [0, 0.05) is 35.5 Å². The van der Waals surface area contributed by atoms with Crippen LogP contribution >= 0.6 is 39.1 Å². The lowest BCUT2D eigenvalue weighted by Gasteiger charge is -2.33. The lowest BCUT2D eigenvalue weighted by atomic mass is 10.1. The van der Waals surface area contributed by atoms with Gasteiger partial charge in [-0.05, 0) is 54.4 Å². The van der Waals surface area contributed by atoms with E-state index in [0.29, 0.717) is 34.6 Å². The zero-order chi connectivity index (χ0) is 22.1. The summed E-state index contributed by atoms with van der Waals surface area (Å²) in [6.07, 6.45) is 1.94. The van der Waals surface area contributed by atoms with Crippen LogP contribution in [0.4, 0.5) is 10.7 Å². The summed E-state index contributed by atoms with van der Waals surface area (Å²) >= 11 is 15.6. The highest BCUT2D eigenvalue weighted by atomic mass is 79.9. The minimum Gasteiger partial charge on any atom is -0.444 e. The summed E-state index contributed by atoms with van der Waals surface area (Å²) < 4.78 is 6.36. The highest BCUT2D eigenvalue weighted by molar-refractivity contribution is 9.10. The number of benzene rings is 1. The number of nitrogens with zero attached hydrogens (tertiary/aromatic N) is 4. The van der Waals surface area contributed by atoms with E-state index in [1.807, 2.05) is 4.90 Å². The number of aliphatic hydroxyl groups is 1. The number of amides is 1. The lowest BCUT2D eigenvalue weighted by molar-refractivity contribution is 0.00142. The molecule has 0 saturated carbocycles. The van der Waals surface area contributed by atoms with E-state index in [-0.39, 0.29) is 6.54 Å². The predicted octanol–water partition coefficient (Wildman–Crippen LogP) is 4.53. The Labute approximate surface area is 194 Å². The molecule has 3 rings (SSSR count). The maximum Gasteiger partial charge on any atom is 0.410 e. The number of aliphatic hydroxyl groups excluding tert-OH is 1. The number of rotatable bonds is 4. The van der Waals surface area contributed by atoms with E-state index in [4.69, 9.17) is 27.9 Å². The number of hydrogen-bond acceptors (Lipinski definition) is 6. The third-order valence-corrected chi connectivity index (χ3v) is 5.53. The number of anilines is 1. The molecular weight excluding hydrogens is 495 g/mol. The topological polar surface area (TPSA) is 78.8 Å². The molecule has 7 nitrogen and oxygen atoms in total. The summed E-state index contributed by atoms with van der Waals surface area (Å²) in [5, 5.41) is 11.7. The van der Waals surface area contributed by atoms with Gasteiger partial charge >= 0.3 is 6.09 Å². The van der Waals surface area contributed by atoms with Crippen molar-refractivity contribution in [2.75, 3.05) is 18.0 Å². The van der Waals surface area contributed by atoms with Crippen LogP contribution in [-0.2, 0) is 11.3 Å². The van der Waals surface area contributed by atoms with Gasteiger partial charge in [0.25, 0.3) is 0 Å². The Hall–Kier alpha value is -1.61.